The largest absolute Gasteiger partial charge is 0.480 e. The van der Waals surface area contributed by atoms with E-state index in [0.717, 1.165) is 5.56 Å². The zero-order valence-electron chi connectivity index (χ0n) is 10.8. The maximum Gasteiger partial charge on any atom is 0.319 e. The molecule has 0 spiro atoms. The first-order valence-corrected chi connectivity index (χ1v) is 5.91. The zero-order valence-corrected chi connectivity index (χ0v) is 10.8. The van der Waals surface area contributed by atoms with Crippen LogP contribution in [0.15, 0.2) is 24.3 Å². The van der Waals surface area contributed by atoms with Gasteiger partial charge in [0.15, 0.2) is 5.41 Å². The van der Waals surface area contributed by atoms with Gasteiger partial charge in [0, 0.05) is 5.69 Å². The number of benzene rings is 1. The van der Waals surface area contributed by atoms with E-state index in [0.29, 0.717) is 12.1 Å². The van der Waals surface area contributed by atoms with Crippen molar-refractivity contribution in [2.75, 3.05) is 5.32 Å². The van der Waals surface area contributed by atoms with Gasteiger partial charge >= 0.3 is 5.97 Å². The van der Waals surface area contributed by atoms with Crippen LogP contribution in [0.5, 0.6) is 0 Å². The summed E-state index contributed by atoms with van der Waals surface area (Å²) >= 11 is 0. The van der Waals surface area contributed by atoms with Gasteiger partial charge in [0.1, 0.15) is 0 Å². The third-order valence-corrected chi connectivity index (χ3v) is 3.80. The first-order chi connectivity index (χ1) is 8.29. The van der Waals surface area contributed by atoms with E-state index < -0.39 is 22.7 Å². The Balaban J connectivity index is 2.18. The highest BCUT2D eigenvalue weighted by atomic mass is 16.4. The number of aryl methyl sites for hydroxylation is 1. The SMILES string of the molecule is Cc1ccc(NC(=O)C2(C(=O)O)CC2(C)C)cc1. The summed E-state index contributed by atoms with van der Waals surface area (Å²) in [7, 11) is 0. The molecule has 1 fully saturated rings. The minimum absolute atomic E-state index is 0.382. The summed E-state index contributed by atoms with van der Waals surface area (Å²) in [6, 6.07) is 7.30. The van der Waals surface area contributed by atoms with Crippen molar-refractivity contribution < 1.29 is 14.7 Å². The molecule has 0 aliphatic heterocycles. The predicted molar refractivity (Wildman–Crippen MR) is 68.3 cm³/mol. The van der Waals surface area contributed by atoms with E-state index in [4.69, 9.17) is 0 Å². The second kappa shape index (κ2) is 3.83. The molecule has 1 aliphatic rings. The van der Waals surface area contributed by atoms with E-state index in [9.17, 15) is 14.7 Å². The van der Waals surface area contributed by atoms with Gasteiger partial charge in [0.25, 0.3) is 0 Å². The quantitative estimate of drug-likeness (QED) is 0.806. The second-order valence-corrected chi connectivity index (χ2v) is 5.59. The standard InChI is InChI=1S/C14H17NO3/c1-9-4-6-10(7-5-9)15-11(16)14(12(17)18)8-13(14,2)3/h4-7H,8H2,1-3H3,(H,15,16)(H,17,18). The Bertz CT molecular complexity index is 504. The highest BCUT2D eigenvalue weighted by molar-refractivity contribution is 6.12. The summed E-state index contributed by atoms with van der Waals surface area (Å²) in [6.45, 7) is 5.56. The first-order valence-electron chi connectivity index (χ1n) is 5.91. The molecule has 1 atom stereocenters. The molecular weight excluding hydrogens is 230 g/mol. The lowest BCUT2D eigenvalue weighted by atomic mass is 9.95. The van der Waals surface area contributed by atoms with Gasteiger partial charge in [0.2, 0.25) is 5.91 Å². The van der Waals surface area contributed by atoms with Crippen LogP contribution in [0.25, 0.3) is 0 Å². The summed E-state index contributed by atoms with van der Waals surface area (Å²) < 4.78 is 0. The number of anilines is 1. The third-order valence-electron chi connectivity index (χ3n) is 3.80. The van der Waals surface area contributed by atoms with Crippen LogP contribution in [0.1, 0.15) is 25.8 Å². The molecule has 4 nitrogen and oxygen atoms in total. The predicted octanol–water partition coefficient (Wildman–Crippen LogP) is 2.43. The lowest BCUT2D eigenvalue weighted by molar-refractivity contribution is -0.149. The van der Waals surface area contributed by atoms with Crippen molar-refractivity contribution in [1.29, 1.82) is 0 Å². The lowest BCUT2D eigenvalue weighted by Crippen LogP contribution is -2.35. The Labute approximate surface area is 106 Å². The number of carbonyl (C=O) groups excluding carboxylic acids is 1. The average molecular weight is 247 g/mol. The molecule has 1 aliphatic carbocycles. The summed E-state index contributed by atoms with van der Waals surface area (Å²) in [6.07, 6.45) is 0.382. The third kappa shape index (κ3) is 1.78. The van der Waals surface area contributed by atoms with Crippen LogP contribution >= 0.6 is 0 Å². The lowest BCUT2D eigenvalue weighted by Gasteiger charge is -2.15. The molecule has 1 aromatic carbocycles. The van der Waals surface area contributed by atoms with Crippen LogP contribution in [-0.2, 0) is 9.59 Å². The Morgan fingerprint density at radius 1 is 1.22 bits per heavy atom. The van der Waals surface area contributed by atoms with Gasteiger partial charge < -0.3 is 10.4 Å². The number of carbonyl (C=O) groups is 2. The monoisotopic (exact) mass is 247 g/mol. The van der Waals surface area contributed by atoms with Crippen LogP contribution in [0.3, 0.4) is 0 Å². The fourth-order valence-electron chi connectivity index (χ4n) is 2.34. The van der Waals surface area contributed by atoms with E-state index in [1.165, 1.54) is 0 Å². The van der Waals surface area contributed by atoms with E-state index in [2.05, 4.69) is 5.32 Å². The Kier molecular flexibility index (Phi) is 2.69. The number of rotatable bonds is 3. The Morgan fingerprint density at radius 3 is 2.11 bits per heavy atom. The molecule has 1 amide bonds. The minimum atomic E-state index is -1.28. The number of hydrogen-bond acceptors (Lipinski definition) is 2. The molecule has 1 unspecified atom stereocenters. The highest BCUT2D eigenvalue weighted by Gasteiger charge is 2.71. The molecule has 4 heteroatoms. The van der Waals surface area contributed by atoms with Gasteiger partial charge in [0.05, 0.1) is 0 Å². The van der Waals surface area contributed by atoms with Gasteiger partial charge in [-0.25, -0.2) is 0 Å². The highest BCUT2D eigenvalue weighted by Crippen LogP contribution is 2.64. The smallest absolute Gasteiger partial charge is 0.319 e. The normalized spacial score (nSPS) is 24.4. The van der Waals surface area contributed by atoms with Crippen LogP contribution in [0, 0.1) is 17.8 Å². The molecule has 2 rings (SSSR count). The van der Waals surface area contributed by atoms with Gasteiger partial charge in [-0.3, -0.25) is 9.59 Å². The van der Waals surface area contributed by atoms with Crippen molar-refractivity contribution in [1.82, 2.24) is 0 Å². The molecule has 0 aromatic heterocycles. The summed E-state index contributed by atoms with van der Waals surface area (Å²) in [5.41, 5.74) is -0.0347. The number of hydrogen-bond donors (Lipinski definition) is 2. The molecule has 0 bridgehead atoms. The molecule has 1 saturated carbocycles. The summed E-state index contributed by atoms with van der Waals surface area (Å²) in [5, 5.41) is 12.0. The topological polar surface area (TPSA) is 66.4 Å². The molecule has 18 heavy (non-hydrogen) atoms. The van der Waals surface area contributed by atoms with Crippen molar-refractivity contribution in [3.63, 3.8) is 0 Å². The van der Waals surface area contributed by atoms with Crippen LogP contribution in [0.2, 0.25) is 0 Å². The molecule has 0 radical (unpaired) electrons. The molecular formula is C14H17NO3. The van der Waals surface area contributed by atoms with Crippen molar-refractivity contribution in [3.05, 3.63) is 29.8 Å². The van der Waals surface area contributed by atoms with E-state index >= 15 is 0 Å². The minimum Gasteiger partial charge on any atom is -0.480 e. The van der Waals surface area contributed by atoms with Crippen molar-refractivity contribution >= 4 is 17.6 Å². The number of carboxylic acid groups (broad SMARTS) is 1. The van der Waals surface area contributed by atoms with Crippen molar-refractivity contribution in [2.24, 2.45) is 10.8 Å². The molecule has 2 N–H and O–H groups in total. The summed E-state index contributed by atoms with van der Waals surface area (Å²) in [4.78, 5) is 23.5. The van der Waals surface area contributed by atoms with Gasteiger partial charge in [-0.15, -0.1) is 0 Å². The molecule has 0 heterocycles. The fraction of sp³-hybridized carbons (Fsp3) is 0.429. The maximum atomic E-state index is 12.1. The number of nitrogens with one attached hydrogen (secondary N) is 1. The number of amides is 1. The van der Waals surface area contributed by atoms with E-state index in [1.54, 1.807) is 26.0 Å². The van der Waals surface area contributed by atoms with Crippen LogP contribution in [0.4, 0.5) is 5.69 Å². The fourth-order valence-corrected chi connectivity index (χ4v) is 2.34. The van der Waals surface area contributed by atoms with Crippen molar-refractivity contribution in [2.45, 2.75) is 27.2 Å². The molecule has 0 saturated heterocycles. The van der Waals surface area contributed by atoms with E-state index in [-0.39, 0.29) is 0 Å². The molecule has 1 aromatic rings. The van der Waals surface area contributed by atoms with Gasteiger partial charge in [-0.05, 0) is 30.9 Å². The maximum absolute atomic E-state index is 12.1. The Hall–Kier alpha value is -1.84. The summed E-state index contributed by atoms with van der Waals surface area (Å²) in [5.74, 6) is -1.47. The second-order valence-electron chi connectivity index (χ2n) is 5.59. The van der Waals surface area contributed by atoms with Crippen LogP contribution < -0.4 is 5.32 Å². The zero-order chi connectivity index (χ0) is 13.6. The van der Waals surface area contributed by atoms with Crippen molar-refractivity contribution in [3.8, 4) is 0 Å². The van der Waals surface area contributed by atoms with Gasteiger partial charge in [-0.2, -0.15) is 0 Å². The number of carboxylic acids is 1. The average Bonchev–Trinajstić information content (AvgIpc) is 2.87. The number of aliphatic carboxylic acids is 1. The first kappa shape index (κ1) is 12.6. The van der Waals surface area contributed by atoms with E-state index in [1.807, 2.05) is 19.1 Å². The Morgan fingerprint density at radius 2 is 1.72 bits per heavy atom. The van der Waals surface area contributed by atoms with Gasteiger partial charge in [-0.1, -0.05) is 31.5 Å². The molecule has 96 valence electrons. The van der Waals surface area contributed by atoms with Crippen LogP contribution in [-0.4, -0.2) is 17.0 Å².